The molecule has 0 N–H and O–H groups in total. The van der Waals surface area contributed by atoms with Crippen LogP contribution >= 0.6 is 0 Å². The lowest BCUT2D eigenvalue weighted by Crippen LogP contribution is -2.18. The van der Waals surface area contributed by atoms with Crippen LogP contribution in [0.4, 0.5) is 11.5 Å². The van der Waals surface area contributed by atoms with E-state index in [0.717, 1.165) is 18.1 Å². The largest absolute Gasteiger partial charge is 0.321 e. The molecule has 3 nitrogen and oxygen atoms in total. The molecular formula is C21H17N3. The van der Waals surface area contributed by atoms with Crippen LogP contribution < -0.4 is 4.90 Å². The predicted octanol–water partition coefficient (Wildman–Crippen LogP) is 4.97. The number of benzene rings is 2. The molecule has 0 saturated heterocycles. The topological polar surface area (TPSA) is 29.0 Å². The molecule has 2 aromatic carbocycles. The summed E-state index contributed by atoms with van der Waals surface area (Å²) in [7, 11) is 0. The number of rotatable bonds is 4. The van der Waals surface area contributed by atoms with E-state index in [0.29, 0.717) is 0 Å². The minimum atomic E-state index is 0.744. The average molecular weight is 311 g/mol. The summed E-state index contributed by atoms with van der Waals surface area (Å²) >= 11 is 0. The highest BCUT2D eigenvalue weighted by Gasteiger charge is 2.13. The smallest absolute Gasteiger partial charge is 0.133 e. The minimum absolute atomic E-state index is 0.744. The van der Waals surface area contributed by atoms with Gasteiger partial charge in [0.05, 0.1) is 5.69 Å². The van der Waals surface area contributed by atoms with Gasteiger partial charge in [-0.25, -0.2) is 4.98 Å². The summed E-state index contributed by atoms with van der Waals surface area (Å²) in [5.41, 5.74) is 2.35. The Labute approximate surface area is 141 Å². The lowest BCUT2D eigenvalue weighted by atomic mass is 10.1. The summed E-state index contributed by atoms with van der Waals surface area (Å²) in [4.78, 5) is 10.9. The van der Waals surface area contributed by atoms with E-state index in [1.54, 1.807) is 0 Å². The zero-order chi connectivity index (χ0) is 16.2. The first kappa shape index (κ1) is 14.4. The third-order valence-corrected chi connectivity index (χ3v) is 4.07. The van der Waals surface area contributed by atoms with Gasteiger partial charge in [-0.05, 0) is 41.3 Å². The summed E-state index contributed by atoms with van der Waals surface area (Å²) < 4.78 is 0. The van der Waals surface area contributed by atoms with Crippen LogP contribution in [0.15, 0.2) is 91.4 Å². The van der Waals surface area contributed by atoms with Crippen molar-refractivity contribution in [3.8, 4) is 0 Å². The van der Waals surface area contributed by atoms with Gasteiger partial charge in [0.15, 0.2) is 0 Å². The summed E-state index contributed by atoms with van der Waals surface area (Å²) in [6.07, 6.45) is 5.49. The van der Waals surface area contributed by atoms with E-state index in [-0.39, 0.29) is 0 Å². The van der Waals surface area contributed by atoms with Gasteiger partial charge in [-0.2, -0.15) is 0 Å². The minimum Gasteiger partial charge on any atom is -0.321 e. The lowest BCUT2D eigenvalue weighted by Gasteiger charge is -2.25. The molecule has 0 spiro atoms. The van der Waals surface area contributed by atoms with Gasteiger partial charge in [0.1, 0.15) is 5.82 Å². The van der Waals surface area contributed by atoms with Gasteiger partial charge in [-0.15, -0.1) is 0 Å². The van der Waals surface area contributed by atoms with Crippen molar-refractivity contribution < 1.29 is 0 Å². The van der Waals surface area contributed by atoms with E-state index in [1.165, 1.54) is 16.3 Å². The van der Waals surface area contributed by atoms with Crippen LogP contribution in [0.2, 0.25) is 0 Å². The summed E-state index contributed by atoms with van der Waals surface area (Å²) in [6.45, 7) is 0.744. The molecule has 2 heterocycles. The molecule has 0 fully saturated rings. The zero-order valence-corrected chi connectivity index (χ0v) is 13.2. The number of hydrogen-bond donors (Lipinski definition) is 0. The molecule has 24 heavy (non-hydrogen) atoms. The second-order valence-corrected chi connectivity index (χ2v) is 5.63. The maximum Gasteiger partial charge on any atom is 0.133 e. The number of fused-ring (bicyclic) bond motifs is 1. The molecule has 0 unspecified atom stereocenters. The van der Waals surface area contributed by atoms with Crippen LogP contribution in [-0.4, -0.2) is 9.97 Å². The van der Waals surface area contributed by atoms with Crippen LogP contribution in [0.5, 0.6) is 0 Å². The van der Waals surface area contributed by atoms with Gasteiger partial charge in [-0.3, -0.25) is 4.98 Å². The quantitative estimate of drug-likeness (QED) is 0.533. The van der Waals surface area contributed by atoms with Crippen LogP contribution in [0.1, 0.15) is 5.56 Å². The Bertz CT molecular complexity index is 931. The molecule has 3 heteroatoms. The molecule has 0 radical (unpaired) electrons. The van der Waals surface area contributed by atoms with Crippen molar-refractivity contribution in [2.45, 2.75) is 6.54 Å². The summed E-state index contributed by atoms with van der Waals surface area (Å²) in [5, 5.41) is 2.45. The molecule has 4 aromatic rings. The fourth-order valence-corrected chi connectivity index (χ4v) is 2.92. The molecule has 0 bridgehead atoms. The van der Waals surface area contributed by atoms with Gasteiger partial charge >= 0.3 is 0 Å². The molecule has 0 saturated carbocycles. The monoisotopic (exact) mass is 311 g/mol. The maximum atomic E-state index is 4.57. The number of pyridine rings is 2. The average Bonchev–Trinajstić information content (AvgIpc) is 2.67. The Morgan fingerprint density at radius 3 is 2.33 bits per heavy atom. The first-order valence-electron chi connectivity index (χ1n) is 7.97. The Balaban J connectivity index is 1.86. The number of aromatic nitrogens is 2. The van der Waals surface area contributed by atoms with Crippen molar-refractivity contribution in [3.63, 3.8) is 0 Å². The van der Waals surface area contributed by atoms with Crippen molar-refractivity contribution in [1.82, 2.24) is 9.97 Å². The molecule has 4 rings (SSSR count). The van der Waals surface area contributed by atoms with Gasteiger partial charge in [0.2, 0.25) is 0 Å². The number of nitrogens with zero attached hydrogens (tertiary/aromatic N) is 3. The summed E-state index contributed by atoms with van der Waals surface area (Å²) in [6, 6.07) is 24.9. The van der Waals surface area contributed by atoms with Crippen molar-refractivity contribution in [3.05, 3.63) is 97.0 Å². The SMILES string of the molecule is c1ccc(N(Cc2ccncc2)c2cccc3ccccc23)nc1. The van der Waals surface area contributed by atoms with E-state index < -0.39 is 0 Å². The molecule has 2 aromatic heterocycles. The van der Waals surface area contributed by atoms with E-state index in [2.05, 4.69) is 57.3 Å². The standard InChI is InChI=1S/C21H17N3/c1-2-8-19-18(6-1)7-5-9-20(19)24(21-10-3-4-13-23-21)16-17-11-14-22-15-12-17/h1-15H,16H2. The van der Waals surface area contributed by atoms with Crippen molar-refractivity contribution >= 4 is 22.3 Å². The zero-order valence-electron chi connectivity index (χ0n) is 13.2. The van der Waals surface area contributed by atoms with Crippen LogP contribution in [0.3, 0.4) is 0 Å². The van der Waals surface area contributed by atoms with E-state index >= 15 is 0 Å². The number of anilines is 2. The fourth-order valence-electron chi connectivity index (χ4n) is 2.92. The predicted molar refractivity (Wildman–Crippen MR) is 98.3 cm³/mol. The van der Waals surface area contributed by atoms with Crippen LogP contribution in [0.25, 0.3) is 10.8 Å². The fraction of sp³-hybridized carbons (Fsp3) is 0.0476. The maximum absolute atomic E-state index is 4.57. The second kappa shape index (κ2) is 6.50. The van der Waals surface area contributed by atoms with E-state index in [9.17, 15) is 0 Å². The molecule has 116 valence electrons. The normalized spacial score (nSPS) is 10.7. The second-order valence-electron chi connectivity index (χ2n) is 5.63. The first-order valence-corrected chi connectivity index (χ1v) is 7.97. The van der Waals surface area contributed by atoms with Crippen molar-refractivity contribution in [2.75, 3.05) is 4.90 Å². The lowest BCUT2D eigenvalue weighted by molar-refractivity contribution is 0.948. The van der Waals surface area contributed by atoms with Crippen LogP contribution in [0, 0.1) is 0 Å². The van der Waals surface area contributed by atoms with E-state index in [4.69, 9.17) is 0 Å². The van der Waals surface area contributed by atoms with E-state index in [1.807, 2.05) is 48.9 Å². The summed E-state index contributed by atoms with van der Waals surface area (Å²) in [5.74, 6) is 0.936. The highest BCUT2D eigenvalue weighted by atomic mass is 15.2. The molecule has 0 atom stereocenters. The Morgan fingerprint density at radius 2 is 1.50 bits per heavy atom. The van der Waals surface area contributed by atoms with Crippen molar-refractivity contribution in [2.24, 2.45) is 0 Å². The molecular weight excluding hydrogens is 294 g/mol. The Hall–Kier alpha value is -3.20. The third kappa shape index (κ3) is 2.84. The molecule has 0 aliphatic heterocycles. The van der Waals surface area contributed by atoms with Crippen LogP contribution in [-0.2, 0) is 6.54 Å². The van der Waals surface area contributed by atoms with Gasteiger partial charge in [0, 0.05) is 30.5 Å². The highest BCUT2D eigenvalue weighted by Crippen LogP contribution is 2.32. The van der Waals surface area contributed by atoms with Gasteiger partial charge in [0.25, 0.3) is 0 Å². The number of hydrogen-bond acceptors (Lipinski definition) is 3. The highest BCUT2D eigenvalue weighted by molar-refractivity contribution is 5.95. The molecule has 0 aliphatic carbocycles. The van der Waals surface area contributed by atoms with Crippen molar-refractivity contribution in [1.29, 1.82) is 0 Å². The molecule has 0 aliphatic rings. The Kier molecular flexibility index (Phi) is 3.90. The van der Waals surface area contributed by atoms with Gasteiger partial charge in [-0.1, -0.05) is 42.5 Å². The molecule has 0 amide bonds. The first-order chi connectivity index (χ1) is 11.9. The Morgan fingerprint density at radius 1 is 0.708 bits per heavy atom. The van der Waals surface area contributed by atoms with Gasteiger partial charge < -0.3 is 4.90 Å². The third-order valence-electron chi connectivity index (χ3n) is 4.07.